The summed E-state index contributed by atoms with van der Waals surface area (Å²) in [7, 11) is 0. The predicted octanol–water partition coefficient (Wildman–Crippen LogP) is 4.34. The monoisotopic (exact) mass is 309 g/mol. The second kappa shape index (κ2) is 6.41. The minimum atomic E-state index is -0.166. The molecule has 2 N–H and O–H groups in total. The van der Waals surface area contributed by atoms with Gasteiger partial charge >= 0.3 is 0 Å². The molecule has 4 nitrogen and oxygen atoms in total. The van der Waals surface area contributed by atoms with Crippen LogP contribution < -0.4 is 10.6 Å². The molecule has 1 heterocycles. The molecule has 120 valence electrons. The van der Waals surface area contributed by atoms with Crippen molar-refractivity contribution in [3.05, 3.63) is 53.3 Å². The molecular formula is C19H23N3O. The zero-order valence-electron chi connectivity index (χ0n) is 13.9. The lowest BCUT2D eigenvalue weighted by Gasteiger charge is -2.16. The third-order valence-corrected chi connectivity index (χ3v) is 4.11. The third kappa shape index (κ3) is 3.70. The molecule has 2 aromatic rings. The van der Waals surface area contributed by atoms with Crippen molar-refractivity contribution in [2.75, 3.05) is 10.6 Å². The number of carbonyl (C=O) groups excluding carboxylic acids is 1. The molecule has 1 aliphatic rings. The first-order chi connectivity index (χ1) is 11.0. The molecule has 0 saturated heterocycles. The lowest BCUT2D eigenvalue weighted by molar-refractivity contribution is 0.102. The van der Waals surface area contributed by atoms with Crippen LogP contribution in [0.5, 0.6) is 0 Å². The molecule has 0 aliphatic heterocycles. The van der Waals surface area contributed by atoms with E-state index >= 15 is 0 Å². The highest BCUT2D eigenvalue weighted by Gasteiger charge is 2.21. The van der Waals surface area contributed by atoms with Crippen molar-refractivity contribution in [2.45, 2.75) is 45.6 Å². The number of para-hydroxylation sites is 1. The summed E-state index contributed by atoms with van der Waals surface area (Å²) in [5, 5.41) is 6.44. The first-order valence-corrected chi connectivity index (χ1v) is 8.18. The Balaban J connectivity index is 1.82. The van der Waals surface area contributed by atoms with Gasteiger partial charge in [0.15, 0.2) is 0 Å². The Labute approximate surface area is 137 Å². The summed E-state index contributed by atoms with van der Waals surface area (Å²) in [4.78, 5) is 16.8. The molecule has 4 heteroatoms. The van der Waals surface area contributed by atoms with Crippen LogP contribution in [-0.4, -0.2) is 16.9 Å². The van der Waals surface area contributed by atoms with Gasteiger partial charge in [0.05, 0.1) is 0 Å². The van der Waals surface area contributed by atoms with Crippen molar-refractivity contribution in [3.8, 4) is 0 Å². The summed E-state index contributed by atoms with van der Waals surface area (Å²) in [5.41, 5.74) is 4.51. The fourth-order valence-electron chi connectivity index (χ4n) is 2.63. The van der Waals surface area contributed by atoms with Crippen LogP contribution in [0.15, 0.2) is 36.5 Å². The highest BCUT2D eigenvalue weighted by molar-refractivity contribution is 6.04. The van der Waals surface area contributed by atoms with Gasteiger partial charge in [-0.15, -0.1) is 0 Å². The van der Waals surface area contributed by atoms with Gasteiger partial charge in [-0.05, 0) is 48.9 Å². The van der Waals surface area contributed by atoms with Crippen LogP contribution in [-0.2, 0) is 0 Å². The van der Waals surface area contributed by atoms with Crippen LogP contribution in [0, 0.1) is 6.92 Å². The first-order valence-electron chi connectivity index (χ1n) is 8.18. The number of benzene rings is 1. The summed E-state index contributed by atoms with van der Waals surface area (Å²) in [6.07, 6.45) is 4.08. The third-order valence-electron chi connectivity index (χ3n) is 4.11. The average molecular weight is 309 g/mol. The minimum absolute atomic E-state index is 0.166. The summed E-state index contributed by atoms with van der Waals surface area (Å²) in [6, 6.07) is 10.4. The van der Waals surface area contributed by atoms with Crippen LogP contribution in [0.4, 0.5) is 11.4 Å². The van der Waals surface area contributed by atoms with Crippen LogP contribution in [0.25, 0.3) is 0 Å². The number of hydrogen-bond acceptors (Lipinski definition) is 3. The smallest absolute Gasteiger partial charge is 0.274 e. The predicted molar refractivity (Wildman–Crippen MR) is 94.1 cm³/mol. The topological polar surface area (TPSA) is 54.0 Å². The van der Waals surface area contributed by atoms with Crippen molar-refractivity contribution in [1.29, 1.82) is 0 Å². The number of anilines is 2. The van der Waals surface area contributed by atoms with E-state index in [9.17, 15) is 4.79 Å². The van der Waals surface area contributed by atoms with Crippen LogP contribution in [0.3, 0.4) is 0 Å². The van der Waals surface area contributed by atoms with Crippen molar-refractivity contribution in [1.82, 2.24) is 4.98 Å². The number of hydrogen-bond donors (Lipinski definition) is 2. The quantitative estimate of drug-likeness (QED) is 0.864. The molecular weight excluding hydrogens is 286 g/mol. The standard InChI is InChI=1S/C19H23N3O/c1-12(2)16-6-4-5-13(3)18(16)22-19(23)17-11-15(9-10-20-17)21-14-7-8-14/h4-6,9-12,14H,7-8H2,1-3H3,(H,20,21)(H,22,23). The maximum atomic E-state index is 12.6. The molecule has 0 bridgehead atoms. The van der Waals surface area contributed by atoms with Gasteiger partial charge in [-0.3, -0.25) is 9.78 Å². The van der Waals surface area contributed by atoms with Gasteiger partial charge in [-0.2, -0.15) is 0 Å². The Kier molecular flexibility index (Phi) is 4.33. The van der Waals surface area contributed by atoms with E-state index in [1.807, 2.05) is 31.2 Å². The number of carbonyl (C=O) groups is 1. The lowest BCUT2D eigenvalue weighted by Crippen LogP contribution is -2.16. The van der Waals surface area contributed by atoms with E-state index in [2.05, 4.69) is 35.5 Å². The Morgan fingerprint density at radius 2 is 2.04 bits per heavy atom. The second-order valence-electron chi connectivity index (χ2n) is 6.50. The maximum absolute atomic E-state index is 12.6. The number of pyridine rings is 1. The van der Waals surface area contributed by atoms with Gasteiger partial charge in [0.2, 0.25) is 0 Å². The Morgan fingerprint density at radius 1 is 1.26 bits per heavy atom. The number of nitrogens with zero attached hydrogens (tertiary/aromatic N) is 1. The molecule has 1 fully saturated rings. The largest absolute Gasteiger partial charge is 0.382 e. The summed E-state index contributed by atoms with van der Waals surface area (Å²) in [6.45, 7) is 6.27. The van der Waals surface area contributed by atoms with Crippen molar-refractivity contribution in [3.63, 3.8) is 0 Å². The molecule has 0 atom stereocenters. The Bertz CT molecular complexity index is 720. The molecule has 23 heavy (non-hydrogen) atoms. The zero-order valence-corrected chi connectivity index (χ0v) is 13.9. The Morgan fingerprint density at radius 3 is 2.74 bits per heavy atom. The van der Waals surface area contributed by atoms with Crippen LogP contribution in [0.2, 0.25) is 0 Å². The van der Waals surface area contributed by atoms with E-state index in [0.717, 1.165) is 22.5 Å². The van der Waals surface area contributed by atoms with Crippen molar-refractivity contribution in [2.24, 2.45) is 0 Å². The van der Waals surface area contributed by atoms with Gasteiger partial charge in [0.1, 0.15) is 5.69 Å². The second-order valence-corrected chi connectivity index (χ2v) is 6.50. The molecule has 1 saturated carbocycles. The number of rotatable bonds is 5. The SMILES string of the molecule is Cc1cccc(C(C)C)c1NC(=O)c1cc(NC2CC2)ccn1. The van der Waals surface area contributed by atoms with Gasteiger partial charge in [0.25, 0.3) is 5.91 Å². The zero-order chi connectivity index (χ0) is 16.4. The first kappa shape index (κ1) is 15.5. The minimum Gasteiger partial charge on any atom is -0.382 e. The van der Waals surface area contributed by atoms with Gasteiger partial charge in [0, 0.05) is 23.6 Å². The van der Waals surface area contributed by atoms with Crippen molar-refractivity contribution < 1.29 is 4.79 Å². The molecule has 1 aromatic heterocycles. The van der Waals surface area contributed by atoms with E-state index in [1.165, 1.54) is 12.8 Å². The maximum Gasteiger partial charge on any atom is 0.274 e. The van der Waals surface area contributed by atoms with Gasteiger partial charge in [-0.25, -0.2) is 0 Å². The fourth-order valence-corrected chi connectivity index (χ4v) is 2.63. The number of aryl methyl sites for hydroxylation is 1. The molecule has 3 rings (SSSR count). The molecule has 1 amide bonds. The fraction of sp³-hybridized carbons (Fsp3) is 0.368. The Hall–Kier alpha value is -2.36. The van der Waals surface area contributed by atoms with E-state index in [1.54, 1.807) is 6.20 Å². The summed E-state index contributed by atoms with van der Waals surface area (Å²) >= 11 is 0. The lowest BCUT2D eigenvalue weighted by atomic mass is 9.98. The number of nitrogens with one attached hydrogen (secondary N) is 2. The van der Waals surface area contributed by atoms with E-state index in [0.29, 0.717) is 17.7 Å². The number of amides is 1. The van der Waals surface area contributed by atoms with E-state index in [-0.39, 0.29) is 5.91 Å². The normalized spacial score (nSPS) is 13.9. The van der Waals surface area contributed by atoms with Gasteiger partial charge in [-0.1, -0.05) is 32.0 Å². The average Bonchev–Trinajstić information content (AvgIpc) is 3.33. The van der Waals surface area contributed by atoms with Gasteiger partial charge < -0.3 is 10.6 Å². The molecule has 0 unspecified atom stereocenters. The van der Waals surface area contributed by atoms with Crippen molar-refractivity contribution >= 4 is 17.3 Å². The van der Waals surface area contributed by atoms with Crippen LogP contribution in [0.1, 0.15) is 54.2 Å². The molecule has 1 aromatic carbocycles. The molecule has 0 spiro atoms. The highest BCUT2D eigenvalue weighted by atomic mass is 16.1. The summed E-state index contributed by atoms with van der Waals surface area (Å²) < 4.78 is 0. The van der Waals surface area contributed by atoms with Crippen LogP contribution >= 0.6 is 0 Å². The number of aromatic nitrogens is 1. The highest BCUT2D eigenvalue weighted by Crippen LogP contribution is 2.28. The molecule has 0 radical (unpaired) electrons. The van der Waals surface area contributed by atoms with E-state index in [4.69, 9.17) is 0 Å². The molecule has 1 aliphatic carbocycles. The van der Waals surface area contributed by atoms with E-state index < -0.39 is 0 Å². The summed E-state index contributed by atoms with van der Waals surface area (Å²) in [5.74, 6) is 0.182.